The predicted octanol–water partition coefficient (Wildman–Crippen LogP) is 2.04. The van der Waals surface area contributed by atoms with E-state index in [1.165, 1.54) is 0 Å². The van der Waals surface area contributed by atoms with Crippen LogP contribution in [0.5, 0.6) is 5.75 Å². The third-order valence-electron chi connectivity index (χ3n) is 3.54. The van der Waals surface area contributed by atoms with Crippen LogP contribution in [-0.4, -0.2) is 28.8 Å². The number of rotatable bonds is 5. The molecule has 3 rings (SSSR count). The number of aromatic nitrogens is 2. The molecule has 1 amide bonds. The first-order chi connectivity index (χ1) is 11.5. The lowest BCUT2D eigenvalue weighted by atomic mass is 10.2. The average Bonchev–Trinajstić information content (AvgIpc) is 2.96. The molecule has 0 aliphatic carbocycles. The van der Waals surface area contributed by atoms with E-state index >= 15 is 0 Å². The summed E-state index contributed by atoms with van der Waals surface area (Å²) in [6, 6.07) is 12.3. The van der Waals surface area contributed by atoms with Gasteiger partial charge in [-0.15, -0.1) is 0 Å². The third kappa shape index (κ3) is 3.35. The summed E-state index contributed by atoms with van der Waals surface area (Å²) in [6.07, 6.45) is 0.121. The quantitative estimate of drug-likeness (QED) is 0.424. The van der Waals surface area contributed by atoms with Gasteiger partial charge in [0.05, 0.1) is 24.6 Å². The Bertz CT molecular complexity index is 899. The Morgan fingerprint density at radius 2 is 2.04 bits per heavy atom. The SMILES string of the molecule is COc1ccc(NC(=O)Cc2nc3ccc(C(=N)N)cc3[nH]2)cc1. The molecule has 3 aromatic rings. The van der Waals surface area contributed by atoms with Gasteiger partial charge < -0.3 is 20.8 Å². The standard InChI is InChI=1S/C17H17N5O2/c1-24-12-5-3-11(4-6-12)20-16(23)9-15-21-13-7-2-10(17(18)19)8-14(13)22-15/h2-8H,9H2,1H3,(H3,18,19)(H,20,23)(H,21,22). The number of carbonyl (C=O) groups excluding carboxylic acids is 1. The van der Waals surface area contributed by atoms with Crippen molar-refractivity contribution < 1.29 is 9.53 Å². The molecule has 0 bridgehead atoms. The van der Waals surface area contributed by atoms with Gasteiger partial charge in [-0.1, -0.05) is 0 Å². The van der Waals surface area contributed by atoms with Gasteiger partial charge in [-0.2, -0.15) is 0 Å². The van der Waals surface area contributed by atoms with Crippen LogP contribution < -0.4 is 15.8 Å². The number of nitrogens with two attached hydrogens (primary N) is 1. The van der Waals surface area contributed by atoms with Crippen molar-refractivity contribution in [2.75, 3.05) is 12.4 Å². The Balaban J connectivity index is 1.71. The van der Waals surface area contributed by atoms with Gasteiger partial charge in [0.2, 0.25) is 5.91 Å². The number of H-pyrrole nitrogens is 1. The third-order valence-corrected chi connectivity index (χ3v) is 3.54. The number of hydrogen-bond acceptors (Lipinski definition) is 4. The van der Waals surface area contributed by atoms with Crippen molar-refractivity contribution in [1.29, 1.82) is 5.41 Å². The molecule has 5 N–H and O–H groups in total. The first-order valence-electron chi connectivity index (χ1n) is 7.32. The van der Waals surface area contributed by atoms with Gasteiger partial charge in [-0.25, -0.2) is 4.98 Å². The number of nitrogen functional groups attached to an aromatic ring is 1. The number of anilines is 1. The number of nitrogens with one attached hydrogen (secondary N) is 3. The first kappa shape index (κ1) is 15.5. The summed E-state index contributed by atoms with van der Waals surface area (Å²) in [5.74, 6) is 1.10. The normalized spacial score (nSPS) is 10.5. The fourth-order valence-corrected chi connectivity index (χ4v) is 2.35. The minimum atomic E-state index is -0.175. The van der Waals surface area contributed by atoms with E-state index in [2.05, 4.69) is 15.3 Å². The topological polar surface area (TPSA) is 117 Å². The number of fused-ring (bicyclic) bond motifs is 1. The number of ether oxygens (including phenoxy) is 1. The molecule has 2 aromatic carbocycles. The average molecular weight is 323 g/mol. The van der Waals surface area contributed by atoms with E-state index in [0.717, 1.165) is 16.8 Å². The van der Waals surface area contributed by atoms with Crippen LogP contribution in [0.1, 0.15) is 11.4 Å². The number of benzene rings is 2. The van der Waals surface area contributed by atoms with E-state index < -0.39 is 0 Å². The molecule has 0 spiro atoms. The zero-order valence-electron chi connectivity index (χ0n) is 13.1. The van der Waals surface area contributed by atoms with E-state index in [0.29, 0.717) is 17.1 Å². The maximum absolute atomic E-state index is 12.1. The van der Waals surface area contributed by atoms with Crippen molar-refractivity contribution in [2.24, 2.45) is 5.73 Å². The second-order valence-corrected chi connectivity index (χ2v) is 5.28. The van der Waals surface area contributed by atoms with E-state index in [-0.39, 0.29) is 18.2 Å². The molecule has 0 unspecified atom stereocenters. The van der Waals surface area contributed by atoms with Crippen LogP contribution in [0.25, 0.3) is 11.0 Å². The number of carbonyl (C=O) groups is 1. The van der Waals surface area contributed by atoms with Crippen molar-refractivity contribution >= 4 is 28.5 Å². The first-order valence-corrected chi connectivity index (χ1v) is 7.32. The molecule has 0 radical (unpaired) electrons. The minimum absolute atomic E-state index is 0.00898. The second kappa shape index (κ2) is 6.41. The van der Waals surface area contributed by atoms with Gasteiger partial charge in [0.15, 0.2) is 0 Å². The summed E-state index contributed by atoms with van der Waals surface area (Å²) < 4.78 is 5.08. The number of aromatic amines is 1. The molecular weight excluding hydrogens is 306 g/mol. The van der Waals surface area contributed by atoms with Crippen molar-refractivity contribution in [3.8, 4) is 5.75 Å². The van der Waals surface area contributed by atoms with Crippen LogP contribution in [0.2, 0.25) is 0 Å². The Morgan fingerprint density at radius 1 is 1.29 bits per heavy atom. The van der Waals surface area contributed by atoms with Crippen LogP contribution in [0.3, 0.4) is 0 Å². The van der Waals surface area contributed by atoms with E-state index in [1.54, 1.807) is 49.6 Å². The van der Waals surface area contributed by atoms with Gasteiger partial charge in [0, 0.05) is 11.3 Å². The highest BCUT2D eigenvalue weighted by atomic mass is 16.5. The van der Waals surface area contributed by atoms with Crippen molar-refractivity contribution in [2.45, 2.75) is 6.42 Å². The maximum atomic E-state index is 12.1. The van der Waals surface area contributed by atoms with Crippen molar-refractivity contribution in [3.63, 3.8) is 0 Å². The molecule has 0 saturated heterocycles. The largest absolute Gasteiger partial charge is 0.497 e. The summed E-state index contributed by atoms with van der Waals surface area (Å²) in [7, 11) is 1.59. The molecule has 0 aliphatic rings. The Hall–Kier alpha value is -3.35. The molecule has 7 heteroatoms. The monoisotopic (exact) mass is 323 g/mol. The molecule has 7 nitrogen and oxygen atoms in total. The summed E-state index contributed by atoms with van der Waals surface area (Å²) in [6.45, 7) is 0. The van der Waals surface area contributed by atoms with Gasteiger partial charge >= 0.3 is 0 Å². The van der Waals surface area contributed by atoms with Crippen LogP contribution in [-0.2, 0) is 11.2 Å². The smallest absolute Gasteiger partial charge is 0.231 e. The zero-order chi connectivity index (χ0) is 17.1. The van der Waals surface area contributed by atoms with Gasteiger partial charge in [-0.05, 0) is 42.5 Å². The molecular formula is C17H17N5O2. The number of nitrogens with zero attached hydrogens (tertiary/aromatic N) is 1. The second-order valence-electron chi connectivity index (χ2n) is 5.28. The van der Waals surface area contributed by atoms with E-state index in [9.17, 15) is 4.79 Å². The molecule has 24 heavy (non-hydrogen) atoms. The summed E-state index contributed by atoms with van der Waals surface area (Å²) >= 11 is 0. The van der Waals surface area contributed by atoms with Crippen LogP contribution >= 0.6 is 0 Å². The fraction of sp³-hybridized carbons (Fsp3) is 0.118. The molecule has 0 saturated carbocycles. The highest BCUT2D eigenvalue weighted by molar-refractivity contribution is 5.98. The summed E-state index contributed by atoms with van der Waals surface area (Å²) in [4.78, 5) is 19.6. The number of amidine groups is 1. The number of imidazole rings is 1. The molecule has 0 aliphatic heterocycles. The lowest BCUT2D eigenvalue weighted by Crippen LogP contribution is -2.15. The molecule has 1 heterocycles. The van der Waals surface area contributed by atoms with Crippen LogP contribution in [0.4, 0.5) is 5.69 Å². The highest BCUT2D eigenvalue weighted by Crippen LogP contribution is 2.16. The highest BCUT2D eigenvalue weighted by Gasteiger charge is 2.10. The van der Waals surface area contributed by atoms with Gasteiger partial charge in [-0.3, -0.25) is 10.2 Å². The molecule has 0 atom stereocenters. The summed E-state index contributed by atoms with van der Waals surface area (Å²) in [5.41, 5.74) is 8.25. The van der Waals surface area contributed by atoms with Gasteiger partial charge in [0.1, 0.15) is 17.4 Å². The lowest BCUT2D eigenvalue weighted by molar-refractivity contribution is -0.115. The fourth-order valence-electron chi connectivity index (χ4n) is 2.35. The molecule has 1 aromatic heterocycles. The number of methoxy groups -OCH3 is 1. The van der Waals surface area contributed by atoms with Crippen molar-refractivity contribution in [3.05, 3.63) is 53.9 Å². The van der Waals surface area contributed by atoms with E-state index in [1.807, 2.05) is 0 Å². The predicted molar refractivity (Wildman–Crippen MR) is 92.4 cm³/mol. The molecule has 122 valence electrons. The number of hydrogen-bond donors (Lipinski definition) is 4. The number of amides is 1. The van der Waals surface area contributed by atoms with Gasteiger partial charge in [0.25, 0.3) is 0 Å². The van der Waals surface area contributed by atoms with E-state index in [4.69, 9.17) is 15.9 Å². The Kier molecular flexibility index (Phi) is 4.15. The lowest BCUT2D eigenvalue weighted by Gasteiger charge is -2.05. The molecule has 0 fully saturated rings. The zero-order valence-corrected chi connectivity index (χ0v) is 13.1. The van der Waals surface area contributed by atoms with Crippen molar-refractivity contribution in [1.82, 2.24) is 9.97 Å². The van der Waals surface area contributed by atoms with Crippen LogP contribution in [0.15, 0.2) is 42.5 Å². The maximum Gasteiger partial charge on any atom is 0.231 e. The van der Waals surface area contributed by atoms with Crippen LogP contribution in [0, 0.1) is 5.41 Å². The Morgan fingerprint density at radius 3 is 2.71 bits per heavy atom. The minimum Gasteiger partial charge on any atom is -0.497 e. The summed E-state index contributed by atoms with van der Waals surface area (Å²) in [5, 5.41) is 10.3. The Labute approximate surface area is 138 Å².